The van der Waals surface area contributed by atoms with Crippen molar-refractivity contribution in [1.29, 1.82) is 0 Å². The molecule has 5 rings (SSSR count). The first-order valence-corrected chi connectivity index (χ1v) is 9.43. The molecule has 0 unspecified atom stereocenters. The molecule has 1 aliphatic rings. The van der Waals surface area contributed by atoms with Crippen LogP contribution in [0.15, 0.2) is 41.1 Å². The highest BCUT2D eigenvalue weighted by Gasteiger charge is 2.27. The average molecular weight is 392 g/mol. The molecular formula is C20H20N6O3. The third-order valence-electron chi connectivity index (χ3n) is 5.28. The van der Waals surface area contributed by atoms with Crippen molar-refractivity contribution in [3.8, 4) is 5.75 Å². The van der Waals surface area contributed by atoms with Crippen molar-refractivity contribution in [2.45, 2.75) is 6.92 Å². The zero-order chi connectivity index (χ0) is 20.0. The van der Waals surface area contributed by atoms with E-state index >= 15 is 0 Å². The number of carbonyl (C=O) groups is 1. The fourth-order valence-corrected chi connectivity index (χ4v) is 3.73. The molecule has 0 N–H and O–H groups in total. The van der Waals surface area contributed by atoms with E-state index in [0.29, 0.717) is 43.3 Å². The molecule has 1 aliphatic heterocycles. The van der Waals surface area contributed by atoms with Gasteiger partial charge in [0.15, 0.2) is 22.9 Å². The zero-order valence-corrected chi connectivity index (χ0v) is 16.2. The zero-order valence-electron chi connectivity index (χ0n) is 16.2. The summed E-state index contributed by atoms with van der Waals surface area (Å²) in [6.07, 6.45) is 3.60. The second-order valence-corrected chi connectivity index (χ2v) is 6.96. The van der Waals surface area contributed by atoms with Crippen LogP contribution in [0.5, 0.6) is 5.75 Å². The van der Waals surface area contributed by atoms with Crippen molar-refractivity contribution >= 4 is 28.3 Å². The number of methoxy groups -OCH3 is 1. The first kappa shape index (κ1) is 17.5. The first-order chi connectivity index (χ1) is 14.2. The topological polar surface area (TPSA) is 89.0 Å². The fourth-order valence-electron chi connectivity index (χ4n) is 3.73. The molecule has 3 aromatic heterocycles. The highest BCUT2D eigenvalue weighted by molar-refractivity contribution is 5.97. The van der Waals surface area contributed by atoms with E-state index in [0.717, 1.165) is 22.7 Å². The molecule has 4 aromatic rings. The molecule has 0 aliphatic carbocycles. The smallest absolute Gasteiger partial charge is 0.289 e. The van der Waals surface area contributed by atoms with Crippen LogP contribution in [-0.4, -0.2) is 63.7 Å². The lowest BCUT2D eigenvalue weighted by Gasteiger charge is -2.34. The molecule has 9 nitrogen and oxygen atoms in total. The Morgan fingerprint density at radius 3 is 2.79 bits per heavy atom. The Balaban J connectivity index is 1.34. The number of benzene rings is 1. The number of rotatable bonds is 3. The fraction of sp³-hybridized carbons (Fsp3) is 0.300. The van der Waals surface area contributed by atoms with Gasteiger partial charge in [-0.15, -0.1) is 10.2 Å². The lowest BCUT2D eigenvalue weighted by Crippen LogP contribution is -2.49. The van der Waals surface area contributed by atoms with Crippen LogP contribution < -0.4 is 9.64 Å². The number of anilines is 1. The maximum absolute atomic E-state index is 13.0. The lowest BCUT2D eigenvalue weighted by molar-refractivity contribution is 0.0717. The minimum Gasteiger partial charge on any atom is -0.493 e. The summed E-state index contributed by atoms with van der Waals surface area (Å²) >= 11 is 0. The van der Waals surface area contributed by atoms with Crippen LogP contribution in [0, 0.1) is 6.92 Å². The minimum absolute atomic E-state index is 0.118. The van der Waals surface area contributed by atoms with Crippen molar-refractivity contribution in [2.75, 3.05) is 38.2 Å². The Morgan fingerprint density at radius 2 is 2.00 bits per heavy atom. The van der Waals surface area contributed by atoms with Gasteiger partial charge in [0.1, 0.15) is 5.82 Å². The SMILES string of the molecule is COc1cccc2cc(C(=O)N3CCN(c4nccn5c(C)nnc45)CC3)oc12. The second kappa shape index (κ2) is 6.77. The Bertz CT molecular complexity index is 1210. The third-order valence-corrected chi connectivity index (χ3v) is 5.28. The number of para-hydroxylation sites is 1. The van der Waals surface area contributed by atoms with E-state index in [1.807, 2.05) is 35.7 Å². The van der Waals surface area contributed by atoms with Gasteiger partial charge in [-0.1, -0.05) is 12.1 Å². The molecule has 0 radical (unpaired) electrons. The maximum atomic E-state index is 13.0. The molecule has 0 saturated carbocycles. The van der Waals surface area contributed by atoms with Gasteiger partial charge in [0.25, 0.3) is 5.91 Å². The van der Waals surface area contributed by atoms with Crippen LogP contribution in [0.4, 0.5) is 5.82 Å². The van der Waals surface area contributed by atoms with Crippen molar-refractivity contribution in [2.24, 2.45) is 0 Å². The van der Waals surface area contributed by atoms with Gasteiger partial charge in [0.05, 0.1) is 7.11 Å². The molecule has 4 heterocycles. The first-order valence-electron chi connectivity index (χ1n) is 9.43. The highest BCUT2D eigenvalue weighted by Crippen LogP contribution is 2.29. The number of furan rings is 1. The molecule has 0 spiro atoms. The molecule has 0 atom stereocenters. The molecule has 29 heavy (non-hydrogen) atoms. The summed E-state index contributed by atoms with van der Waals surface area (Å²) in [5, 5.41) is 9.22. The number of nitrogens with zero attached hydrogens (tertiary/aromatic N) is 6. The number of hydrogen-bond acceptors (Lipinski definition) is 7. The van der Waals surface area contributed by atoms with E-state index in [-0.39, 0.29) is 5.91 Å². The average Bonchev–Trinajstić information content (AvgIpc) is 3.37. The number of hydrogen-bond donors (Lipinski definition) is 0. The van der Waals surface area contributed by atoms with Gasteiger partial charge >= 0.3 is 0 Å². The largest absolute Gasteiger partial charge is 0.493 e. The minimum atomic E-state index is -0.118. The van der Waals surface area contributed by atoms with Crippen LogP contribution in [0.1, 0.15) is 16.4 Å². The maximum Gasteiger partial charge on any atom is 0.289 e. The van der Waals surface area contributed by atoms with E-state index < -0.39 is 0 Å². The van der Waals surface area contributed by atoms with Crippen LogP contribution >= 0.6 is 0 Å². The van der Waals surface area contributed by atoms with E-state index in [1.165, 1.54) is 0 Å². The summed E-state index contributed by atoms with van der Waals surface area (Å²) in [5.41, 5.74) is 1.32. The predicted octanol–water partition coefficient (Wildman–Crippen LogP) is 2.15. The van der Waals surface area contributed by atoms with Crippen LogP contribution in [0.2, 0.25) is 0 Å². The van der Waals surface area contributed by atoms with Crippen LogP contribution in [0.25, 0.3) is 16.6 Å². The van der Waals surface area contributed by atoms with E-state index in [1.54, 1.807) is 24.3 Å². The summed E-state index contributed by atoms with van der Waals surface area (Å²) in [5.74, 6) is 2.43. The monoisotopic (exact) mass is 392 g/mol. The number of amides is 1. The Morgan fingerprint density at radius 1 is 1.17 bits per heavy atom. The molecule has 148 valence electrons. The summed E-state index contributed by atoms with van der Waals surface area (Å²) in [6, 6.07) is 7.37. The number of aromatic nitrogens is 4. The van der Waals surface area contributed by atoms with Gasteiger partial charge in [-0.2, -0.15) is 0 Å². The number of aryl methyl sites for hydroxylation is 1. The summed E-state index contributed by atoms with van der Waals surface area (Å²) in [4.78, 5) is 21.4. The highest BCUT2D eigenvalue weighted by atomic mass is 16.5. The molecule has 1 amide bonds. The Hall–Kier alpha value is -3.62. The van der Waals surface area contributed by atoms with Gasteiger partial charge in [-0.3, -0.25) is 9.20 Å². The molecule has 0 bridgehead atoms. The summed E-state index contributed by atoms with van der Waals surface area (Å²) in [6.45, 7) is 4.37. The molecule has 1 aromatic carbocycles. The molecular weight excluding hydrogens is 372 g/mol. The Kier molecular flexibility index (Phi) is 4.08. The summed E-state index contributed by atoms with van der Waals surface area (Å²) < 4.78 is 13.1. The normalized spacial score (nSPS) is 14.7. The van der Waals surface area contributed by atoms with Crippen LogP contribution in [0.3, 0.4) is 0 Å². The van der Waals surface area contributed by atoms with E-state index in [2.05, 4.69) is 20.1 Å². The Labute approximate surface area is 166 Å². The number of carbonyl (C=O) groups excluding carboxylic acids is 1. The molecule has 1 fully saturated rings. The molecule has 1 saturated heterocycles. The number of ether oxygens (including phenoxy) is 1. The molecule has 9 heteroatoms. The van der Waals surface area contributed by atoms with E-state index in [4.69, 9.17) is 9.15 Å². The van der Waals surface area contributed by atoms with Gasteiger partial charge in [-0.05, 0) is 19.1 Å². The van der Waals surface area contributed by atoms with E-state index in [9.17, 15) is 4.79 Å². The van der Waals surface area contributed by atoms with Gasteiger partial charge in [-0.25, -0.2) is 4.98 Å². The summed E-state index contributed by atoms with van der Waals surface area (Å²) in [7, 11) is 1.59. The van der Waals surface area contributed by atoms with Crippen molar-refractivity contribution < 1.29 is 13.9 Å². The quantitative estimate of drug-likeness (QED) is 0.528. The van der Waals surface area contributed by atoms with Gasteiger partial charge < -0.3 is 19.0 Å². The lowest BCUT2D eigenvalue weighted by atomic mass is 10.2. The van der Waals surface area contributed by atoms with Crippen molar-refractivity contribution in [3.05, 3.63) is 48.2 Å². The van der Waals surface area contributed by atoms with Crippen LogP contribution in [-0.2, 0) is 0 Å². The second-order valence-electron chi connectivity index (χ2n) is 6.96. The van der Waals surface area contributed by atoms with Gasteiger partial charge in [0, 0.05) is 44.0 Å². The standard InChI is InChI=1S/C20H20N6O3/c1-13-22-23-19-18(21-6-7-26(13)19)24-8-10-25(11-9-24)20(27)16-12-14-4-3-5-15(28-2)17(14)29-16/h3-7,12H,8-11H2,1-2H3. The number of fused-ring (bicyclic) bond motifs is 2. The predicted molar refractivity (Wildman–Crippen MR) is 106 cm³/mol. The van der Waals surface area contributed by atoms with Crippen molar-refractivity contribution in [3.63, 3.8) is 0 Å². The number of piperazine rings is 1. The van der Waals surface area contributed by atoms with Crippen molar-refractivity contribution in [1.82, 2.24) is 24.5 Å². The third kappa shape index (κ3) is 2.86. The van der Waals surface area contributed by atoms with Gasteiger partial charge in [0.2, 0.25) is 5.65 Å².